The van der Waals surface area contributed by atoms with Crippen molar-refractivity contribution in [2.24, 2.45) is 33.5 Å². The van der Waals surface area contributed by atoms with E-state index in [2.05, 4.69) is 20.8 Å². The highest BCUT2D eigenvalue weighted by molar-refractivity contribution is 5.66. The van der Waals surface area contributed by atoms with Crippen molar-refractivity contribution >= 4 is 5.97 Å². The lowest BCUT2D eigenvalue weighted by Crippen LogP contribution is -2.61. The molecule has 4 saturated carbocycles. The summed E-state index contributed by atoms with van der Waals surface area (Å²) in [7, 11) is 0. The molecule has 0 amide bonds. The fourth-order valence-electron chi connectivity index (χ4n) is 7.96. The monoisotopic (exact) mass is 364 g/mol. The summed E-state index contributed by atoms with van der Waals surface area (Å²) in [6.07, 6.45) is 8.35. The molecule has 4 aliphatic rings. The quantitative estimate of drug-likeness (QED) is 0.750. The van der Waals surface area contributed by atoms with E-state index >= 15 is 0 Å². The molecule has 0 aromatic carbocycles. The number of aliphatic hydroxyl groups excluding tert-OH is 2. The Hall–Kier alpha value is -0.610. The van der Waals surface area contributed by atoms with Crippen LogP contribution >= 0.6 is 0 Å². The predicted molar refractivity (Wildman–Crippen MR) is 99.3 cm³/mol. The second-order valence-electron chi connectivity index (χ2n) is 10.8. The van der Waals surface area contributed by atoms with Crippen LogP contribution in [0.4, 0.5) is 0 Å². The number of hydrogen-bond acceptors (Lipinski definition) is 4. The molecule has 1 spiro atoms. The summed E-state index contributed by atoms with van der Waals surface area (Å²) in [4.78, 5) is 12.0. The maximum atomic E-state index is 12.0. The molecule has 148 valence electrons. The number of esters is 1. The second kappa shape index (κ2) is 5.70. The van der Waals surface area contributed by atoms with Crippen molar-refractivity contribution in [1.29, 1.82) is 0 Å². The summed E-state index contributed by atoms with van der Waals surface area (Å²) in [6.45, 7) is 8.21. The van der Waals surface area contributed by atoms with Crippen LogP contribution in [0.2, 0.25) is 0 Å². The summed E-state index contributed by atoms with van der Waals surface area (Å²) in [5.41, 5.74) is 0.566. The zero-order valence-corrected chi connectivity index (χ0v) is 16.9. The first-order valence-corrected chi connectivity index (χ1v) is 10.6. The number of carbonyl (C=O) groups excluding carboxylic acids is 1. The summed E-state index contributed by atoms with van der Waals surface area (Å²) in [6, 6.07) is 0. The normalized spacial score (nSPS) is 53.7. The topological polar surface area (TPSA) is 66.8 Å². The molecule has 4 nitrogen and oxygen atoms in total. The highest BCUT2D eigenvalue weighted by Gasteiger charge is 2.75. The molecule has 0 aromatic heterocycles. The lowest BCUT2D eigenvalue weighted by Gasteiger charge is -2.62. The van der Waals surface area contributed by atoms with Gasteiger partial charge in [0.25, 0.3) is 0 Å². The Kier molecular flexibility index (Phi) is 4.11. The Balaban J connectivity index is 1.72. The Morgan fingerprint density at radius 3 is 2.58 bits per heavy atom. The summed E-state index contributed by atoms with van der Waals surface area (Å²) in [5, 5.41) is 20.1. The molecule has 0 saturated heterocycles. The zero-order valence-electron chi connectivity index (χ0n) is 16.9. The van der Waals surface area contributed by atoms with Crippen LogP contribution in [0.3, 0.4) is 0 Å². The zero-order chi connectivity index (χ0) is 19.0. The van der Waals surface area contributed by atoms with Gasteiger partial charge in [-0.05, 0) is 73.0 Å². The number of fused-ring (bicyclic) bond motifs is 2. The highest BCUT2D eigenvalue weighted by Crippen LogP contribution is 2.82. The second-order valence-corrected chi connectivity index (χ2v) is 10.8. The van der Waals surface area contributed by atoms with Crippen molar-refractivity contribution in [1.82, 2.24) is 0 Å². The smallest absolute Gasteiger partial charge is 0.302 e. The van der Waals surface area contributed by atoms with Crippen LogP contribution in [0.5, 0.6) is 0 Å². The first-order valence-electron chi connectivity index (χ1n) is 10.6. The van der Waals surface area contributed by atoms with Gasteiger partial charge in [0.2, 0.25) is 0 Å². The fourth-order valence-corrected chi connectivity index (χ4v) is 7.96. The Morgan fingerprint density at radius 2 is 1.92 bits per heavy atom. The molecule has 8 atom stereocenters. The molecular formula is C22H36O4. The van der Waals surface area contributed by atoms with E-state index in [9.17, 15) is 15.0 Å². The van der Waals surface area contributed by atoms with Crippen LogP contribution in [0.15, 0.2) is 0 Å². The minimum absolute atomic E-state index is 0.00319. The van der Waals surface area contributed by atoms with Crippen molar-refractivity contribution in [3.63, 3.8) is 0 Å². The Morgan fingerprint density at radius 1 is 1.19 bits per heavy atom. The van der Waals surface area contributed by atoms with Gasteiger partial charge in [0.05, 0.1) is 12.7 Å². The van der Waals surface area contributed by atoms with E-state index in [1.54, 1.807) is 0 Å². The Labute approximate surface area is 157 Å². The van der Waals surface area contributed by atoms with Crippen molar-refractivity contribution < 1.29 is 19.7 Å². The first kappa shape index (κ1) is 18.7. The molecular weight excluding hydrogens is 328 g/mol. The molecule has 8 unspecified atom stereocenters. The van der Waals surface area contributed by atoms with E-state index in [4.69, 9.17) is 4.74 Å². The van der Waals surface area contributed by atoms with Gasteiger partial charge < -0.3 is 14.9 Å². The van der Waals surface area contributed by atoms with Crippen molar-refractivity contribution in [2.45, 2.75) is 91.3 Å². The van der Waals surface area contributed by atoms with Crippen LogP contribution < -0.4 is 0 Å². The molecule has 4 heteroatoms. The molecule has 0 aliphatic heterocycles. The van der Waals surface area contributed by atoms with Crippen molar-refractivity contribution in [3.8, 4) is 0 Å². The summed E-state index contributed by atoms with van der Waals surface area (Å²) < 4.78 is 5.97. The van der Waals surface area contributed by atoms with Crippen LogP contribution in [-0.2, 0) is 9.53 Å². The SMILES string of the molecule is CC(=O)OC1CC(C)(C(O)CO)CC2CCC34CC3(C)CCCC4C21C. The lowest BCUT2D eigenvalue weighted by atomic mass is 9.43. The number of rotatable bonds is 3. The van der Waals surface area contributed by atoms with E-state index in [0.29, 0.717) is 29.1 Å². The fraction of sp³-hybridized carbons (Fsp3) is 0.955. The average Bonchev–Trinajstić information content (AvgIpc) is 3.20. The van der Waals surface area contributed by atoms with Gasteiger partial charge in [-0.15, -0.1) is 0 Å². The van der Waals surface area contributed by atoms with E-state index < -0.39 is 6.10 Å². The van der Waals surface area contributed by atoms with Crippen LogP contribution in [0.1, 0.15) is 79.1 Å². The molecule has 4 rings (SSSR count). The maximum absolute atomic E-state index is 12.0. The minimum Gasteiger partial charge on any atom is -0.462 e. The molecule has 26 heavy (non-hydrogen) atoms. The third-order valence-corrected chi connectivity index (χ3v) is 9.58. The Bertz CT molecular complexity index is 605. The third-order valence-electron chi connectivity index (χ3n) is 9.58. The number of aliphatic hydroxyl groups is 2. The van der Waals surface area contributed by atoms with Gasteiger partial charge in [0.1, 0.15) is 6.10 Å². The van der Waals surface area contributed by atoms with Gasteiger partial charge in [-0.1, -0.05) is 27.2 Å². The van der Waals surface area contributed by atoms with Gasteiger partial charge >= 0.3 is 5.97 Å². The number of ether oxygens (including phenoxy) is 1. The molecule has 4 fully saturated rings. The van der Waals surface area contributed by atoms with Gasteiger partial charge in [0.15, 0.2) is 0 Å². The van der Waals surface area contributed by atoms with Crippen molar-refractivity contribution in [3.05, 3.63) is 0 Å². The minimum atomic E-state index is -0.751. The van der Waals surface area contributed by atoms with Crippen LogP contribution in [0, 0.1) is 33.5 Å². The number of hydrogen-bond donors (Lipinski definition) is 2. The summed E-state index contributed by atoms with van der Waals surface area (Å²) in [5.74, 6) is 0.852. The van der Waals surface area contributed by atoms with Crippen molar-refractivity contribution in [2.75, 3.05) is 6.61 Å². The van der Waals surface area contributed by atoms with Crippen LogP contribution in [-0.4, -0.2) is 35.0 Å². The molecule has 0 radical (unpaired) electrons. The first-order chi connectivity index (χ1) is 12.1. The van der Waals surface area contributed by atoms with E-state index in [1.165, 1.54) is 39.0 Å². The molecule has 0 heterocycles. The van der Waals surface area contributed by atoms with Crippen LogP contribution in [0.25, 0.3) is 0 Å². The molecule has 0 bridgehead atoms. The summed E-state index contributed by atoms with van der Waals surface area (Å²) >= 11 is 0. The van der Waals surface area contributed by atoms with Gasteiger partial charge in [-0.3, -0.25) is 4.79 Å². The van der Waals surface area contributed by atoms with E-state index in [-0.39, 0.29) is 29.5 Å². The van der Waals surface area contributed by atoms with Gasteiger partial charge in [-0.25, -0.2) is 0 Å². The van der Waals surface area contributed by atoms with E-state index in [1.807, 2.05) is 0 Å². The molecule has 2 N–H and O–H groups in total. The highest BCUT2D eigenvalue weighted by atomic mass is 16.5. The van der Waals surface area contributed by atoms with Gasteiger partial charge in [0, 0.05) is 12.3 Å². The predicted octanol–water partition coefficient (Wildman–Crippen LogP) is 3.68. The number of carbonyl (C=O) groups is 1. The van der Waals surface area contributed by atoms with E-state index in [0.717, 1.165) is 12.8 Å². The molecule has 0 aromatic rings. The van der Waals surface area contributed by atoms with Gasteiger partial charge in [-0.2, -0.15) is 0 Å². The molecule has 4 aliphatic carbocycles. The standard InChI is InChI=1S/C22H36O4/c1-14(24)26-18-11-19(2,17(25)12-23)10-15-7-9-22-13-20(22,3)8-5-6-16(22)21(15,18)4/h15-18,23,25H,5-13H2,1-4H3. The third kappa shape index (κ3) is 2.30. The largest absolute Gasteiger partial charge is 0.462 e. The lowest BCUT2D eigenvalue weighted by molar-refractivity contribution is -0.210. The maximum Gasteiger partial charge on any atom is 0.302 e. The average molecular weight is 365 g/mol.